The molecule has 1 aromatic heterocycles. The van der Waals surface area contributed by atoms with Gasteiger partial charge in [-0.2, -0.15) is 0 Å². The van der Waals surface area contributed by atoms with Crippen molar-refractivity contribution in [3.05, 3.63) is 33.1 Å². The number of ether oxygens (including phenoxy) is 2. The second kappa shape index (κ2) is 17.5. The number of nitrogens with zero attached hydrogens (tertiary/aromatic N) is 1. The maximum atomic E-state index is 12.0. The number of nitrogens with one attached hydrogen (secondary N) is 1. The standard InChI is InChI=1S/C27H46N2O7/c1-2-3-4-5-6-7-8-9-10-11-12-13-14-15-16-17-23(31)35-20-21-24(32)25(33)26(36-21)29-19-18-22(30)28-27(29)34/h18-19,21,24-26,32-33H,2-17,20H2,1H3,(H,28,30,34)/t21-,24-,25-,26-/m1/s1. The molecule has 36 heavy (non-hydrogen) atoms. The second-order valence-corrected chi connectivity index (χ2v) is 9.95. The number of hydrogen-bond donors (Lipinski definition) is 3. The van der Waals surface area contributed by atoms with Gasteiger partial charge in [0.25, 0.3) is 5.56 Å². The molecule has 0 radical (unpaired) electrons. The summed E-state index contributed by atoms with van der Waals surface area (Å²) in [7, 11) is 0. The Kier molecular flexibility index (Phi) is 14.7. The molecule has 1 aliphatic rings. The third kappa shape index (κ3) is 11.0. The number of aromatic amines is 1. The Morgan fingerprint density at radius 2 is 1.42 bits per heavy atom. The largest absolute Gasteiger partial charge is 0.463 e. The highest BCUT2D eigenvalue weighted by Gasteiger charge is 2.44. The molecule has 0 bridgehead atoms. The van der Waals surface area contributed by atoms with E-state index in [9.17, 15) is 24.6 Å². The van der Waals surface area contributed by atoms with Crippen LogP contribution in [0, 0.1) is 0 Å². The van der Waals surface area contributed by atoms with Crippen LogP contribution >= 0.6 is 0 Å². The molecule has 2 rings (SSSR count). The van der Waals surface area contributed by atoms with Crippen molar-refractivity contribution in [1.29, 1.82) is 0 Å². The van der Waals surface area contributed by atoms with Gasteiger partial charge in [0, 0.05) is 18.7 Å². The lowest BCUT2D eigenvalue weighted by Gasteiger charge is -2.16. The van der Waals surface area contributed by atoms with Crippen molar-refractivity contribution in [2.75, 3.05) is 6.61 Å². The lowest BCUT2D eigenvalue weighted by Crippen LogP contribution is -2.37. The van der Waals surface area contributed by atoms with E-state index in [1.54, 1.807) is 0 Å². The first-order chi connectivity index (χ1) is 17.4. The highest BCUT2D eigenvalue weighted by molar-refractivity contribution is 5.69. The van der Waals surface area contributed by atoms with Gasteiger partial charge in [0.15, 0.2) is 6.23 Å². The normalized spacial score (nSPS) is 21.6. The molecule has 1 saturated heterocycles. The van der Waals surface area contributed by atoms with Crippen LogP contribution in [0.4, 0.5) is 0 Å². The first-order valence-electron chi connectivity index (χ1n) is 13.9. The fourth-order valence-corrected chi connectivity index (χ4v) is 4.61. The number of aliphatic hydroxyl groups is 2. The number of aliphatic hydroxyl groups excluding tert-OH is 2. The lowest BCUT2D eigenvalue weighted by molar-refractivity contribution is -0.150. The molecule has 3 N–H and O–H groups in total. The molecule has 1 aliphatic heterocycles. The van der Waals surface area contributed by atoms with Gasteiger partial charge < -0.3 is 19.7 Å². The molecule has 9 heteroatoms. The van der Waals surface area contributed by atoms with E-state index in [2.05, 4.69) is 11.9 Å². The summed E-state index contributed by atoms with van der Waals surface area (Å²) < 4.78 is 11.7. The van der Waals surface area contributed by atoms with Crippen molar-refractivity contribution in [1.82, 2.24) is 9.55 Å². The molecule has 0 spiro atoms. The molecule has 9 nitrogen and oxygen atoms in total. The van der Waals surface area contributed by atoms with Crippen molar-refractivity contribution in [2.24, 2.45) is 0 Å². The van der Waals surface area contributed by atoms with Crippen molar-refractivity contribution >= 4 is 5.97 Å². The highest BCUT2D eigenvalue weighted by atomic mass is 16.6. The Balaban J connectivity index is 1.47. The Bertz CT molecular complexity index is 853. The average Bonchev–Trinajstić information content (AvgIpc) is 3.13. The monoisotopic (exact) mass is 510 g/mol. The lowest BCUT2D eigenvalue weighted by atomic mass is 10.0. The van der Waals surface area contributed by atoms with Crippen LogP contribution in [0.25, 0.3) is 0 Å². The number of esters is 1. The topological polar surface area (TPSA) is 131 Å². The summed E-state index contributed by atoms with van der Waals surface area (Å²) in [5, 5.41) is 20.4. The molecule has 0 unspecified atom stereocenters. The van der Waals surface area contributed by atoms with Crippen molar-refractivity contribution in [3.63, 3.8) is 0 Å². The van der Waals surface area contributed by atoms with Crippen LogP contribution in [0.1, 0.15) is 116 Å². The van der Waals surface area contributed by atoms with E-state index in [1.807, 2.05) is 0 Å². The zero-order valence-corrected chi connectivity index (χ0v) is 21.9. The predicted molar refractivity (Wildman–Crippen MR) is 138 cm³/mol. The summed E-state index contributed by atoms with van der Waals surface area (Å²) in [6, 6.07) is 1.12. The zero-order valence-electron chi connectivity index (χ0n) is 21.9. The Morgan fingerprint density at radius 3 is 1.94 bits per heavy atom. The maximum absolute atomic E-state index is 12.0. The van der Waals surface area contributed by atoms with E-state index in [0.29, 0.717) is 6.42 Å². The van der Waals surface area contributed by atoms with Gasteiger partial charge in [-0.05, 0) is 6.42 Å². The number of rotatable bonds is 19. The van der Waals surface area contributed by atoms with Crippen molar-refractivity contribution < 1.29 is 24.5 Å². The summed E-state index contributed by atoms with van der Waals surface area (Å²) >= 11 is 0. The van der Waals surface area contributed by atoms with Crippen LogP contribution in [0.3, 0.4) is 0 Å². The Morgan fingerprint density at radius 1 is 0.889 bits per heavy atom. The van der Waals surface area contributed by atoms with E-state index < -0.39 is 35.8 Å². The van der Waals surface area contributed by atoms with Crippen LogP contribution in [0.15, 0.2) is 21.9 Å². The number of carbonyl (C=O) groups excluding carboxylic acids is 1. The first-order valence-corrected chi connectivity index (χ1v) is 13.9. The third-order valence-corrected chi connectivity index (χ3v) is 6.86. The van der Waals surface area contributed by atoms with E-state index in [4.69, 9.17) is 9.47 Å². The molecule has 0 saturated carbocycles. The van der Waals surface area contributed by atoms with E-state index in [-0.39, 0.29) is 12.6 Å². The minimum atomic E-state index is -1.40. The first kappa shape index (κ1) is 30.3. The van der Waals surface area contributed by atoms with Crippen molar-refractivity contribution in [2.45, 2.75) is 134 Å². The van der Waals surface area contributed by atoms with E-state index >= 15 is 0 Å². The summed E-state index contributed by atoms with van der Waals surface area (Å²) in [5.41, 5.74) is -1.34. The molecule has 4 atom stereocenters. The Hall–Kier alpha value is -1.97. The van der Waals surface area contributed by atoms with E-state index in [1.165, 1.54) is 83.2 Å². The molecule has 1 fully saturated rings. The summed E-state index contributed by atoms with van der Waals surface area (Å²) in [6.45, 7) is 2.03. The van der Waals surface area contributed by atoms with Crippen LogP contribution in [-0.4, -0.2) is 50.7 Å². The van der Waals surface area contributed by atoms with Gasteiger partial charge in [-0.3, -0.25) is 19.1 Å². The number of unbranched alkanes of at least 4 members (excludes halogenated alkanes) is 14. The van der Waals surface area contributed by atoms with Gasteiger partial charge in [0.1, 0.15) is 24.9 Å². The number of hydrogen-bond acceptors (Lipinski definition) is 7. The van der Waals surface area contributed by atoms with Crippen molar-refractivity contribution in [3.8, 4) is 0 Å². The number of H-pyrrole nitrogens is 1. The molecule has 1 aromatic rings. The SMILES string of the molecule is CCCCCCCCCCCCCCCCCC(=O)OC[C@H]1O[C@@H](n2ccc(=O)[nH]c2=O)[C@H](O)[C@@H]1O. The van der Waals surface area contributed by atoms with Gasteiger partial charge in [-0.1, -0.05) is 96.8 Å². The predicted octanol–water partition coefficient (Wildman–Crippen LogP) is 3.96. The summed E-state index contributed by atoms with van der Waals surface area (Å²) in [6.07, 6.45) is 15.4. The van der Waals surface area contributed by atoms with Crippen LogP contribution in [0.5, 0.6) is 0 Å². The van der Waals surface area contributed by atoms with Crippen LogP contribution in [-0.2, 0) is 14.3 Å². The molecule has 2 heterocycles. The second-order valence-electron chi connectivity index (χ2n) is 9.95. The number of carbonyl (C=O) groups is 1. The smallest absolute Gasteiger partial charge is 0.330 e. The van der Waals surface area contributed by atoms with Gasteiger partial charge in [0.2, 0.25) is 0 Å². The van der Waals surface area contributed by atoms with Gasteiger partial charge in [0.05, 0.1) is 0 Å². The average molecular weight is 511 g/mol. The molecule has 206 valence electrons. The van der Waals surface area contributed by atoms with Gasteiger partial charge >= 0.3 is 11.7 Å². The number of aromatic nitrogens is 2. The molecular weight excluding hydrogens is 464 g/mol. The minimum absolute atomic E-state index is 0.218. The highest BCUT2D eigenvalue weighted by Crippen LogP contribution is 2.28. The molecular formula is C27H46N2O7. The summed E-state index contributed by atoms with van der Waals surface area (Å²) in [4.78, 5) is 37.3. The van der Waals surface area contributed by atoms with Gasteiger partial charge in [-0.25, -0.2) is 4.79 Å². The van der Waals surface area contributed by atoms with Crippen LogP contribution in [0.2, 0.25) is 0 Å². The fraction of sp³-hybridized carbons (Fsp3) is 0.815. The molecule has 0 aliphatic carbocycles. The van der Waals surface area contributed by atoms with E-state index in [0.717, 1.165) is 29.9 Å². The van der Waals surface area contributed by atoms with Gasteiger partial charge in [-0.15, -0.1) is 0 Å². The molecule has 0 aromatic carbocycles. The third-order valence-electron chi connectivity index (χ3n) is 6.86. The zero-order chi connectivity index (χ0) is 26.2. The Labute approximate surface area is 214 Å². The maximum Gasteiger partial charge on any atom is 0.330 e. The molecule has 0 amide bonds. The fourth-order valence-electron chi connectivity index (χ4n) is 4.61. The summed E-state index contributed by atoms with van der Waals surface area (Å²) in [5.74, 6) is -0.375. The van der Waals surface area contributed by atoms with Crippen LogP contribution < -0.4 is 11.2 Å². The quantitative estimate of drug-likeness (QED) is 0.190. The minimum Gasteiger partial charge on any atom is -0.463 e.